The highest BCUT2D eigenvalue weighted by atomic mass is 35.5. The smallest absolute Gasteiger partial charge is 0.0963 e. The van der Waals surface area contributed by atoms with Crippen molar-refractivity contribution in [2.45, 2.75) is 17.4 Å². The topological polar surface area (TPSA) is 20.2 Å². The Kier molecular flexibility index (Phi) is 2.94. The maximum Gasteiger partial charge on any atom is 0.0963 e. The number of aliphatic hydroxyl groups excluding tert-OH is 1. The molecule has 0 saturated heterocycles. The molecule has 1 nitrogen and oxygen atoms in total. The van der Waals surface area contributed by atoms with E-state index in [0.29, 0.717) is 6.42 Å². The molecule has 0 saturated carbocycles. The molecule has 0 amide bonds. The van der Waals surface area contributed by atoms with Gasteiger partial charge in [-0.15, -0.1) is 11.6 Å². The Morgan fingerprint density at radius 3 is 2.60 bits per heavy atom. The van der Waals surface area contributed by atoms with Gasteiger partial charge in [-0.2, -0.15) is 0 Å². The fourth-order valence-electron chi connectivity index (χ4n) is 1.72. The van der Waals surface area contributed by atoms with Crippen molar-refractivity contribution >= 4 is 11.6 Å². The van der Waals surface area contributed by atoms with Gasteiger partial charge in [0.1, 0.15) is 0 Å². The van der Waals surface area contributed by atoms with E-state index in [9.17, 15) is 5.11 Å². The van der Waals surface area contributed by atoms with E-state index in [1.54, 1.807) is 6.08 Å². The van der Waals surface area contributed by atoms with Gasteiger partial charge in [0.2, 0.25) is 0 Å². The van der Waals surface area contributed by atoms with Gasteiger partial charge in [0.15, 0.2) is 0 Å². The zero-order valence-electron chi connectivity index (χ0n) is 8.31. The second-order valence-corrected chi connectivity index (χ2v) is 4.48. The summed E-state index contributed by atoms with van der Waals surface area (Å²) in [6, 6.07) is 9.96. The molecule has 0 aromatic heterocycles. The third-order valence-corrected chi connectivity index (χ3v) is 3.07. The molecular formula is C13H13ClO. The van der Waals surface area contributed by atoms with Crippen molar-refractivity contribution in [3.63, 3.8) is 0 Å². The lowest BCUT2D eigenvalue weighted by atomic mass is 9.90. The Morgan fingerprint density at radius 2 is 1.93 bits per heavy atom. The molecule has 0 spiro atoms. The molecule has 2 rings (SSSR count). The molecule has 2 atom stereocenters. The van der Waals surface area contributed by atoms with Crippen LogP contribution < -0.4 is 0 Å². The quantitative estimate of drug-likeness (QED) is 0.760. The lowest BCUT2D eigenvalue weighted by Gasteiger charge is -2.29. The fraction of sp³-hybridized carbons (Fsp3) is 0.231. The number of benzene rings is 1. The van der Waals surface area contributed by atoms with Gasteiger partial charge in [0.25, 0.3) is 0 Å². The molecule has 15 heavy (non-hydrogen) atoms. The first-order valence-electron chi connectivity index (χ1n) is 4.98. The summed E-state index contributed by atoms with van der Waals surface area (Å²) < 4.78 is 0. The molecule has 0 radical (unpaired) electrons. The first kappa shape index (κ1) is 10.5. The lowest BCUT2D eigenvalue weighted by molar-refractivity contribution is 0.188. The molecule has 2 unspecified atom stereocenters. The SMILES string of the molecule is OC1C=CC=CC1(Cl)Cc1ccccc1. The standard InChI is InChI=1S/C13H13ClO/c14-13(9-5-4-8-12(13)15)10-11-6-2-1-3-7-11/h1-9,12,15H,10H2. The number of aliphatic hydroxyl groups is 1. The zero-order chi connectivity index (χ0) is 10.7. The fourth-order valence-corrected chi connectivity index (χ4v) is 2.02. The largest absolute Gasteiger partial charge is 0.387 e. The Morgan fingerprint density at radius 1 is 1.20 bits per heavy atom. The second kappa shape index (κ2) is 4.21. The molecule has 0 bridgehead atoms. The normalized spacial score (nSPS) is 29.3. The van der Waals surface area contributed by atoms with E-state index in [4.69, 9.17) is 11.6 Å². The van der Waals surface area contributed by atoms with E-state index in [1.165, 1.54) is 0 Å². The van der Waals surface area contributed by atoms with Gasteiger partial charge in [0, 0.05) is 0 Å². The Balaban J connectivity index is 2.18. The van der Waals surface area contributed by atoms with Crippen LogP contribution >= 0.6 is 11.6 Å². The Bertz CT molecular complexity index is 383. The van der Waals surface area contributed by atoms with Gasteiger partial charge in [-0.25, -0.2) is 0 Å². The van der Waals surface area contributed by atoms with Gasteiger partial charge < -0.3 is 5.11 Å². The van der Waals surface area contributed by atoms with Crippen molar-refractivity contribution in [1.82, 2.24) is 0 Å². The number of rotatable bonds is 2. The van der Waals surface area contributed by atoms with Crippen LogP contribution in [0.3, 0.4) is 0 Å². The van der Waals surface area contributed by atoms with E-state index < -0.39 is 11.0 Å². The summed E-state index contributed by atoms with van der Waals surface area (Å²) in [5, 5.41) is 9.82. The molecule has 1 aromatic rings. The van der Waals surface area contributed by atoms with Crippen LogP contribution in [0.1, 0.15) is 5.56 Å². The van der Waals surface area contributed by atoms with Gasteiger partial charge in [-0.3, -0.25) is 0 Å². The van der Waals surface area contributed by atoms with Crippen LogP contribution in [-0.4, -0.2) is 16.1 Å². The summed E-state index contributed by atoms with van der Waals surface area (Å²) in [6.07, 6.45) is 7.28. The summed E-state index contributed by atoms with van der Waals surface area (Å²) >= 11 is 6.37. The van der Waals surface area contributed by atoms with Gasteiger partial charge in [-0.1, -0.05) is 54.6 Å². The van der Waals surface area contributed by atoms with Crippen molar-refractivity contribution in [3.05, 3.63) is 60.2 Å². The summed E-state index contributed by atoms with van der Waals surface area (Å²) in [5.41, 5.74) is 1.13. The highest BCUT2D eigenvalue weighted by Gasteiger charge is 2.32. The average Bonchev–Trinajstić information content (AvgIpc) is 2.24. The Hall–Kier alpha value is -1.05. The molecule has 1 N–H and O–H groups in total. The van der Waals surface area contributed by atoms with Crippen LogP contribution in [0.4, 0.5) is 0 Å². The Labute approximate surface area is 94.7 Å². The van der Waals surface area contributed by atoms with Crippen molar-refractivity contribution in [2.75, 3.05) is 0 Å². The number of alkyl halides is 1. The molecule has 0 fully saturated rings. The molecular weight excluding hydrogens is 208 g/mol. The van der Waals surface area contributed by atoms with E-state index in [-0.39, 0.29) is 0 Å². The molecule has 1 aliphatic rings. The van der Waals surface area contributed by atoms with Crippen LogP contribution in [-0.2, 0) is 6.42 Å². The predicted molar refractivity (Wildman–Crippen MR) is 63.0 cm³/mol. The molecule has 78 valence electrons. The number of hydrogen-bond acceptors (Lipinski definition) is 1. The first-order valence-corrected chi connectivity index (χ1v) is 5.35. The van der Waals surface area contributed by atoms with E-state index in [1.807, 2.05) is 48.6 Å². The van der Waals surface area contributed by atoms with Crippen molar-refractivity contribution < 1.29 is 5.11 Å². The minimum atomic E-state index is -0.698. The summed E-state index contributed by atoms with van der Waals surface area (Å²) in [6.45, 7) is 0. The monoisotopic (exact) mass is 220 g/mol. The maximum atomic E-state index is 9.82. The molecule has 0 heterocycles. The minimum absolute atomic E-state index is 0.621. The third kappa shape index (κ3) is 2.31. The van der Waals surface area contributed by atoms with Crippen LogP contribution in [0, 0.1) is 0 Å². The number of halogens is 1. The van der Waals surface area contributed by atoms with Crippen LogP contribution in [0.25, 0.3) is 0 Å². The molecule has 0 aliphatic heterocycles. The predicted octanol–water partition coefficient (Wildman–Crippen LogP) is 2.69. The third-order valence-electron chi connectivity index (χ3n) is 2.59. The summed E-state index contributed by atoms with van der Waals surface area (Å²) in [7, 11) is 0. The van der Waals surface area contributed by atoms with Gasteiger partial charge in [0.05, 0.1) is 11.0 Å². The number of allylic oxidation sites excluding steroid dienone is 2. The lowest BCUT2D eigenvalue weighted by Crippen LogP contribution is -2.36. The van der Waals surface area contributed by atoms with E-state index in [0.717, 1.165) is 5.56 Å². The van der Waals surface area contributed by atoms with E-state index >= 15 is 0 Å². The summed E-state index contributed by atoms with van der Waals surface area (Å²) in [4.78, 5) is -0.698. The average molecular weight is 221 g/mol. The van der Waals surface area contributed by atoms with Crippen LogP contribution in [0.15, 0.2) is 54.6 Å². The maximum absolute atomic E-state index is 9.82. The first-order chi connectivity index (χ1) is 7.21. The van der Waals surface area contributed by atoms with Gasteiger partial charge >= 0.3 is 0 Å². The van der Waals surface area contributed by atoms with Crippen LogP contribution in [0.5, 0.6) is 0 Å². The second-order valence-electron chi connectivity index (χ2n) is 3.78. The molecule has 1 aromatic carbocycles. The highest BCUT2D eigenvalue weighted by Crippen LogP contribution is 2.30. The van der Waals surface area contributed by atoms with Crippen LogP contribution in [0.2, 0.25) is 0 Å². The van der Waals surface area contributed by atoms with Crippen molar-refractivity contribution in [1.29, 1.82) is 0 Å². The minimum Gasteiger partial charge on any atom is -0.387 e. The zero-order valence-corrected chi connectivity index (χ0v) is 9.06. The van der Waals surface area contributed by atoms with Gasteiger partial charge in [-0.05, 0) is 12.0 Å². The summed E-state index contributed by atoms with van der Waals surface area (Å²) in [5.74, 6) is 0. The molecule has 2 heteroatoms. The van der Waals surface area contributed by atoms with E-state index in [2.05, 4.69) is 0 Å². The number of hydrogen-bond donors (Lipinski definition) is 1. The molecule has 1 aliphatic carbocycles. The van der Waals surface area contributed by atoms with Crippen molar-refractivity contribution in [2.24, 2.45) is 0 Å². The van der Waals surface area contributed by atoms with Crippen molar-refractivity contribution in [3.8, 4) is 0 Å². The highest BCUT2D eigenvalue weighted by molar-refractivity contribution is 6.26.